The zero-order valence-corrected chi connectivity index (χ0v) is 33.2. The summed E-state index contributed by atoms with van der Waals surface area (Å²) in [6.45, 7) is 17.4. The van der Waals surface area contributed by atoms with Crippen molar-refractivity contribution in [2.24, 2.45) is 16.1 Å². The van der Waals surface area contributed by atoms with Gasteiger partial charge in [-0.05, 0) is 47.8 Å². The fourth-order valence-electron chi connectivity index (χ4n) is 8.48. The molecule has 2 saturated heterocycles. The van der Waals surface area contributed by atoms with Crippen LogP contribution in [0.25, 0.3) is 27.5 Å². The molecule has 1 atom stereocenters. The van der Waals surface area contributed by atoms with Crippen LogP contribution in [0.15, 0.2) is 28.1 Å². The molecule has 2 aliphatic heterocycles. The van der Waals surface area contributed by atoms with Crippen molar-refractivity contribution >= 4 is 34.6 Å². The Morgan fingerprint density at radius 1 is 0.714 bits per heavy atom. The third kappa shape index (κ3) is 7.50. The molecule has 3 aromatic carbocycles. The Morgan fingerprint density at radius 2 is 1.25 bits per heavy atom. The summed E-state index contributed by atoms with van der Waals surface area (Å²) in [6.07, 6.45) is 2.91. The largest absolute Gasteiger partial charge is 0.507 e. The number of allylic oxidation sites excluding steroid dienone is 2. The van der Waals surface area contributed by atoms with Gasteiger partial charge in [0.1, 0.15) is 11.5 Å². The lowest BCUT2D eigenvalue weighted by Crippen LogP contribution is -2.45. The number of rotatable bonds is 11. The first kappa shape index (κ1) is 40.8. The van der Waals surface area contributed by atoms with Crippen LogP contribution in [0.3, 0.4) is 0 Å². The lowest BCUT2D eigenvalue weighted by molar-refractivity contribution is -0.118. The molecular formula is C42H56N6O8. The van der Waals surface area contributed by atoms with Gasteiger partial charge in [0.15, 0.2) is 17.3 Å². The number of ketones is 1. The quantitative estimate of drug-likeness (QED) is 0.109. The minimum Gasteiger partial charge on any atom is -0.507 e. The molecule has 1 aliphatic carbocycles. The van der Waals surface area contributed by atoms with E-state index in [1.54, 1.807) is 13.8 Å². The summed E-state index contributed by atoms with van der Waals surface area (Å²) in [5, 5.41) is 91.4. The van der Waals surface area contributed by atoms with Crippen molar-refractivity contribution in [1.82, 2.24) is 19.8 Å². The van der Waals surface area contributed by atoms with Crippen LogP contribution in [-0.2, 0) is 4.79 Å². The molecule has 6 rings (SSSR count). The summed E-state index contributed by atoms with van der Waals surface area (Å²) < 4.78 is 0. The maximum atomic E-state index is 14.0. The zero-order valence-electron chi connectivity index (χ0n) is 33.2. The molecule has 56 heavy (non-hydrogen) atoms. The number of phenols is 4. The second-order valence-corrected chi connectivity index (χ2v) is 15.7. The molecule has 0 saturated carbocycles. The Morgan fingerprint density at radius 3 is 1.79 bits per heavy atom. The van der Waals surface area contributed by atoms with E-state index in [9.17, 15) is 40.5 Å². The SMILES string of the molecule is Cc1cc2c(c(O)c1-c1c(C)cc3c(C(C)C)c(O)c(O)c(/C=N/N4CCN(CCO)CC4)c3c1O)C(/C=N/N1CCN(CCO)CC1)C(=O)C(O)=C2C(C)C. The van der Waals surface area contributed by atoms with E-state index in [4.69, 9.17) is 0 Å². The Balaban J connectivity index is 1.53. The minimum absolute atomic E-state index is 0.0649. The number of phenolic OH excluding ortho intramolecular Hbond substituents is 4. The maximum Gasteiger partial charge on any atom is 0.210 e. The number of hydrazone groups is 2. The van der Waals surface area contributed by atoms with Crippen molar-refractivity contribution in [2.45, 2.75) is 53.4 Å². The van der Waals surface area contributed by atoms with Gasteiger partial charge in [0.2, 0.25) is 5.78 Å². The van der Waals surface area contributed by atoms with Crippen molar-refractivity contribution < 1.29 is 40.5 Å². The van der Waals surface area contributed by atoms with Gasteiger partial charge in [0.05, 0.1) is 30.9 Å². The lowest BCUT2D eigenvalue weighted by atomic mass is 9.75. The summed E-state index contributed by atoms with van der Waals surface area (Å²) in [7, 11) is 0. The number of β-amino-alcohol motifs (C(OH)–C–C–N with tert-alkyl or cyclic N) is 2. The highest BCUT2D eigenvalue weighted by Gasteiger charge is 2.39. The molecule has 0 spiro atoms. The number of carbonyl (C=O) groups excluding carboxylic acids is 1. The van der Waals surface area contributed by atoms with Crippen molar-refractivity contribution in [1.29, 1.82) is 0 Å². The van der Waals surface area contributed by atoms with E-state index in [1.165, 1.54) is 12.4 Å². The van der Waals surface area contributed by atoms with Gasteiger partial charge < -0.3 is 35.7 Å². The normalized spacial score (nSPS) is 18.9. The Bertz CT molecular complexity index is 2080. The van der Waals surface area contributed by atoms with Crippen LogP contribution in [0.4, 0.5) is 0 Å². The number of aromatic hydroxyl groups is 4. The average Bonchev–Trinajstić information content (AvgIpc) is 3.15. The smallest absolute Gasteiger partial charge is 0.210 e. The maximum absolute atomic E-state index is 14.0. The van der Waals surface area contributed by atoms with E-state index < -0.39 is 17.5 Å². The molecular weight excluding hydrogens is 716 g/mol. The molecule has 302 valence electrons. The van der Waals surface area contributed by atoms with Crippen molar-refractivity contribution in [2.75, 3.05) is 78.7 Å². The fourth-order valence-corrected chi connectivity index (χ4v) is 8.48. The van der Waals surface area contributed by atoms with Crippen LogP contribution in [-0.4, -0.2) is 152 Å². The summed E-state index contributed by atoms with van der Waals surface area (Å²) in [5.41, 5.74) is 3.51. The molecule has 3 aliphatic rings. The number of aliphatic hydroxyl groups is 3. The number of nitrogens with zero attached hydrogens (tertiary/aromatic N) is 6. The van der Waals surface area contributed by atoms with Crippen molar-refractivity contribution in [3.63, 3.8) is 0 Å². The molecule has 0 radical (unpaired) electrons. The van der Waals surface area contributed by atoms with Gasteiger partial charge >= 0.3 is 0 Å². The molecule has 2 heterocycles. The van der Waals surface area contributed by atoms with Crippen LogP contribution < -0.4 is 0 Å². The van der Waals surface area contributed by atoms with E-state index in [0.29, 0.717) is 98.7 Å². The molecule has 2 fully saturated rings. The van der Waals surface area contributed by atoms with E-state index in [0.717, 1.165) is 0 Å². The Kier molecular flexibility index (Phi) is 12.1. The van der Waals surface area contributed by atoms with Crippen LogP contribution in [0, 0.1) is 19.8 Å². The van der Waals surface area contributed by atoms with Gasteiger partial charge in [0, 0.05) is 105 Å². The van der Waals surface area contributed by atoms with Crippen LogP contribution in [0.5, 0.6) is 23.0 Å². The fraction of sp³-hybridized carbons (Fsp3) is 0.500. The molecule has 3 aromatic rings. The standard InChI is InChI=1S/C42H56N6O8/c1-23(2)31-27-19-25(5)33(39(53)35(27)29(37(51)41(31)55)21-43-47-11-7-45(8-12-47)15-17-49)34-26(6)20-28-32(24(3)4)42(56)38(52)30(36(28)40(34)54)22-44-48-13-9-46(10-14-48)16-18-50/h19-24,29,49-50,52-56H,7-18H2,1-6H3/b43-21+,44-22+. The van der Waals surface area contributed by atoms with Gasteiger partial charge in [-0.15, -0.1) is 0 Å². The first-order chi connectivity index (χ1) is 26.7. The number of benzene rings is 3. The summed E-state index contributed by atoms with van der Waals surface area (Å²) in [5.74, 6) is -3.79. The molecule has 0 bridgehead atoms. The topological polar surface area (TPSA) is 196 Å². The van der Waals surface area contributed by atoms with Gasteiger partial charge in [-0.2, -0.15) is 10.2 Å². The number of hydrogen-bond donors (Lipinski definition) is 7. The van der Waals surface area contributed by atoms with Gasteiger partial charge in [-0.1, -0.05) is 39.8 Å². The first-order valence-electron chi connectivity index (χ1n) is 19.5. The van der Waals surface area contributed by atoms with Crippen LogP contribution in [0.1, 0.15) is 72.9 Å². The number of aryl methyl sites for hydroxylation is 2. The number of carbonyl (C=O) groups is 1. The zero-order chi connectivity index (χ0) is 40.6. The van der Waals surface area contributed by atoms with E-state index in [2.05, 4.69) is 20.0 Å². The highest BCUT2D eigenvalue weighted by molar-refractivity contribution is 6.17. The number of piperazine rings is 2. The van der Waals surface area contributed by atoms with E-state index >= 15 is 0 Å². The molecule has 1 unspecified atom stereocenters. The monoisotopic (exact) mass is 772 g/mol. The number of aliphatic hydroxyl groups excluding tert-OH is 3. The molecule has 14 nitrogen and oxygen atoms in total. The third-order valence-corrected chi connectivity index (χ3v) is 11.4. The molecule has 7 N–H and O–H groups in total. The third-order valence-electron chi connectivity index (χ3n) is 11.4. The van der Waals surface area contributed by atoms with Gasteiger partial charge in [-0.3, -0.25) is 24.6 Å². The summed E-state index contributed by atoms with van der Waals surface area (Å²) in [6, 6.07) is 3.65. The van der Waals surface area contributed by atoms with E-state index in [-0.39, 0.29) is 75.7 Å². The number of hydrogen-bond acceptors (Lipinski definition) is 14. The van der Waals surface area contributed by atoms with Gasteiger partial charge in [0.25, 0.3) is 0 Å². The summed E-state index contributed by atoms with van der Waals surface area (Å²) in [4.78, 5) is 18.2. The van der Waals surface area contributed by atoms with Crippen LogP contribution >= 0.6 is 0 Å². The summed E-state index contributed by atoms with van der Waals surface area (Å²) >= 11 is 0. The highest BCUT2D eigenvalue weighted by atomic mass is 16.3. The Labute approximate surface area is 327 Å². The second-order valence-electron chi connectivity index (χ2n) is 15.7. The molecule has 0 amide bonds. The number of fused-ring (bicyclic) bond motifs is 2. The average molecular weight is 773 g/mol. The second kappa shape index (κ2) is 16.7. The lowest BCUT2D eigenvalue weighted by Gasteiger charge is -2.33. The van der Waals surface area contributed by atoms with E-state index in [1.807, 2.05) is 49.8 Å². The highest BCUT2D eigenvalue weighted by Crippen LogP contribution is 2.54. The predicted octanol–water partition coefficient (Wildman–Crippen LogP) is 4.20. The number of Topliss-reactive ketones (excluding diaryl/α,β-unsaturated/α-hetero) is 1. The van der Waals surface area contributed by atoms with Gasteiger partial charge in [-0.25, -0.2) is 0 Å². The molecule has 14 heteroatoms. The minimum atomic E-state index is -1.13. The Hall–Kier alpha value is -4.89. The first-order valence-corrected chi connectivity index (χ1v) is 19.5. The predicted molar refractivity (Wildman–Crippen MR) is 218 cm³/mol. The van der Waals surface area contributed by atoms with Crippen molar-refractivity contribution in [3.8, 4) is 34.1 Å². The molecule has 0 aromatic heterocycles. The van der Waals surface area contributed by atoms with Crippen LogP contribution in [0.2, 0.25) is 0 Å². The van der Waals surface area contributed by atoms with Crippen molar-refractivity contribution in [3.05, 3.63) is 51.3 Å².